The van der Waals surface area contributed by atoms with Gasteiger partial charge in [0.2, 0.25) is 0 Å². The van der Waals surface area contributed by atoms with Crippen LogP contribution in [0.1, 0.15) is 71.6 Å². The van der Waals surface area contributed by atoms with Gasteiger partial charge in [0.1, 0.15) is 5.75 Å². The molecule has 4 rings (SSSR count). The van der Waals surface area contributed by atoms with Gasteiger partial charge in [-0.05, 0) is 67.9 Å². The Morgan fingerprint density at radius 2 is 1.79 bits per heavy atom. The van der Waals surface area contributed by atoms with Crippen molar-refractivity contribution in [3.63, 3.8) is 0 Å². The zero-order valence-electron chi connectivity index (χ0n) is 24.1. The zero-order chi connectivity index (χ0) is 28.9. The molecule has 2 aromatic carbocycles. The number of benzene rings is 2. The first-order chi connectivity index (χ1) is 18.0. The maximum Gasteiger partial charge on any atom is 0.407 e. The Hall–Kier alpha value is -3.81. The number of aryl methyl sites for hydroxylation is 1. The number of nitrogens with one attached hydrogen (secondary N) is 1. The summed E-state index contributed by atoms with van der Waals surface area (Å²) < 4.78 is 7.38. The van der Waals surface area contributed by atoms with Crippen molar-refractivity contribution in [2.75, 3.05) is 13.7 Å². The molecular weight excluding hydrogens is 494 g/mol. The second kappa shape index (κ2) is 9.74. The summed E-state index contributed by atoms with van der Waals surface area (Å²) in [6.07, 6.45) is 2.26. The lowest BCUT2D eigenvalue weighted by Crippen LogP contribution is -2.50. The highest BCUT2D eigenvalue weighted by molar-refractivity contribution is 5.77. The number of methoxy groups -OCH3 is 1. The van der Waals surface area contributed by atoms with Gasteiger partial charge in [-0.15, -0.1) is 0 Å². The van der Waals surface area contributed by atoms with E-state index < -0.39 is 22.9 Å². The molecule has 1 atom stereocenters. The van der Waals surface area contributed by atoms with Crippen molar-refractivity contribution in [3.8, 4) is 22.6 Å². The molecule has 8 nitrogen and oxygen atoms in total. The number of carbonyl (C=O) groups is 1. The highest BCUT2D eigenvalue weighted by atomic mass is 16.5. The fourth-order valence-corrected chi connectivity index (χ4v) is 5.57. The Bertz CT molecular complexity index is 1540. The van der Waals surface area contributed by atoms with Crippen molar-refractivity contribution in [2.24, 2.45) is 0 Å². The van der Waals surface area contributed by atoms with E-state index in [-0.39, 0.29) is 10.8 Å². The third kappa shape index (κ3) is 5.37. The van der Waals surface area contributed by atoms with E-state index in [9.17, 15) is 19.5 Å². The van der Waals surface area contributed by atoms with Crippen molar-refractivity contribution >= 4 is 6.09 Å². The summed E-state index contributed by atoms with van der Waals surface area (Å²) in [6, 6.07) is 11.5. The number of aromatic nitrogens is 2. The van der Waals surface area contributed by atoms with Crippen molar-refractivity contribution in [1.29, 1.82) is 0 Å². The maximum atomic E-state index is 12.7. The molecule has 8 heteroatoms. The molecule has 2 N–H and O–H groups in total. The molecule has 1 aliphatic rings. The van der Waals surface area contributed by atoms with Crippen LogP contribution in [0.25, 0.3) is 16.8 Å². The Morgan fingerprint density at radius 3 is 2.36 bits per heavy atom. The van der Waals surface area contributed by atoms with E-state index in [1.54, 1.807) is 7.11 Å². The third-order valence-electron chi connectivity index (χ3n) is 7.75. The number of ether oxygens (including phenoxy) is 1. The van der Waals surface area contributed by atoms with E-state index in [0.717, 1.165) is 40.8 Å². The topological polar surface area (TPSA) is 105 Å². The largest absolute Gasteiger partial charge is 0.496 e. The van der Waals surface area contributed by atoms with Gasteiger partial charge in [0.25, 0.3) is 5.56 Å². The van der Waals surface area contributed by atoms with E-state index in [1.165, 1.54) is 27.3 Å². The summed E-state index contributed by atoms with van der Waals surface area (Å²) in [4.78, 5) is 40.3. The Labute approximate surface area is 229 Å². The number of hydrogen-bond donors (Lipinski definition) is 2. The second-order valence-electron chi connectivity index (χ2n) is 12.8. The molecule has 1 unspecified atom stereocenters. The minimum atomic E-state index is -0.914. The van der Waals surface area contributed by atoms with Crippen LogP contribution in [0.15, 0.2) is 52.2 Å². The van der Waals surface area contributed by atoms with Gasteiger partial charge in [0.15, 0.2) is 0 Å². The van der Waals surface area contributed by atoms with Crippen molar-refractivity contribution < 1.29 is 14.6 Å². The van der Waals surface area contributed by atoms with Gasteiger partial charge >= 0.3 is 11.8 Å². The molecule has 3 aromatic rings. The van der Waals surface area contributed by atoms with Crippen LogP contribution in [0.3, 0.4) is 0 Å². The van der Waals surface area contributed by atoms with E-state index in [2.05, 4.69) is 44.8 Å². The van der Waals surface area contributed by atoms with Gasteiger partial charge in [0.05, 0.1) is 12.8 Å². The van der Waals surface area contributed by atoms with E-state index in [0.29, 0.717) is 12.2 Å². The van der Waals surface area contributed by atoms with Crippen LogP contribution in [0.2, 0.25) is 0 Å². The van der Waals surface area contributed by atoms with Gasteiger partial charge in [-0.25, -0.2) is 9.59 Å². The minimum Gasteiger partial charge on any atom is -0.496 e. The molecule has 0 fully saturated rings. The number of rotatable bonds is 5. The lowest BCUT2D eigenvalue weighted by Gasteiger charge is -2.39. The molecule has 0 saturated carbocycles. The van der Waals surface area contributed by atoms with Crippen LogP contribution in [0.5, 0.6) is 5.75 Å². The van der Waals surface area contributed by atoms with Gasteiger partial charge in [-0.1, -0.05) is 45.9 Å². The molecule has 1 amide bonds. The Balaban J connectivity index is 1.86. The van der Waals surface area contributed by atoms with Crippen LogP contribution >= 0.6 is 0 Å². The van der Waals surface area contributed by atoms with E-state index in [1.807, 2.05) is 39.0 Å². The van der Waals surface area contributed by atoms with Crippen LogP contribution in [0, 0.1) is 0 Å². The third-order valence-corrected chi connectivity index (χ3v) is 7.75. The van der Waals surface area contributed by atoms with Crippen LogP contribution in [0.4, 0.5) is 4.79 Å². The van der Waals surface area contributed by atoms with Crippen LogP contribution < -0.4 is 16.0 Å². The standard InChI is InChI=1S/C31H39N3O5/c1-29(2,3)24-17-21(33-14-12-25(35)32-27(33)36)16-22(26(24)39-8)19-9-10-23-20(15-19)11-13-31(23,7)18-34(28(37)38)30(4,5)6/h9-10,12,14-17H,11,13,18H2,1-8H3,(H,37,38)(H,32,35,36). The molecule has 1 aliphatic carbocycles. The van der Waals surface area contributed by atoms with E-state index in [4.69, 9.17) is 4.74 Å². The van der Waals surface area contributed by atoms with Gasteiger partial charge in [-0.3, -0.25) is 14.3 Å². The van der Waals surface area contributed by atoms with Crippen molar-refractivity contribution in [3.05, 3.63) is 80.1 Å². The fraction of sp³-hybridized carbons (Fsp3) is 0.452. The quantitative estimate of drug-likeness (QED) is 0.452. The smallest absolute Gasteiger partial charge is 0.407 e. The molecule has 39 heavy (non-hydrogen) atoms. The fourth-order valence-electron chi connectivity index (χ4n) is 5.57. The molecule has 1 aromatic heterocycles. The summed E-state index contributed by atoms with van der Waals surface area (Å²) in [5, 5.41) is 9.90. The SMILES string of the molecule is COc1c(-c2ccc3c(c2)CCC3(C)CN(C(=O)O)C(C)(C)C)cc(-n2ccc(=O)[nH]c2=O)cc1C(C)(C)C. The summed E-state index contributed by atoms with van der Waals surface area (Å²) in [7, 11) is 1.65. The minimum absolute atomic E-state index is 0.287. The molecule has 0 bridgehead atoms. The first kappa shape index (κ1) is 28.2. The lowest BCUT2D eigenvalue weighted by molar-refractivity contribution is 0.0844. The predicted octanol–water partition coefficient (Wildman–Crippen LogP) is 5.48. The van der Waals surface area contributed by atoms with Gasteiger partial charge in [0, 0.05) is 40.9 Å². The Morgan fingerprint density at radius 1 is 1.10 bits per heavy atom. The average Bonchev–Trinajstić information content (AvgIpc) is 3.16. The Kier molecular flexibility index (Phi) is 7.04. The molecule has 1 heterocycles. The molecule has 0 saturated heterocycles. The van der Waals surface area contributed by atoms with E-state index >= 15 is 0 Å². The summed E-state index contributed by atoms with van der Waals surface area (Å²) in [5.41, 5.74) is 3.64. The molecule has 208 valence electrons. The number of amides is 1. The number of carboxylic acid groups (broad SMARTS) is 1. The summed E-state index contributed by atoms with van der Waals surface area (Å²) in [6.45, 7) is 14.6. The first-order valence-electron chi connectivity index (χ1n) is 13.2. The monoisotopic (exact) mass is 533 g/mol. The average molecular weight is 534 g/mol. The number of H-pyrrole nitrogens is 1. The lowest BCUT2D eigenvalue weighted by atomic mass is 9.81. The zero-order valence-corrected chi connectivity index (χ0v) is 24.1. The molecular formula is C31H39N3O5. The van der Waals surface area contributed by atoms with Crippen LogP contribution in [-0.4, -0.2) is 44.8 Å². The second-order valence-corrected chi connectivity index (χ2v) is 12.8. The molecule has 0 spiro atoms. The van der Waals surface area contributed by atoms with Gasteiger partial charge < -0.3 is 14.7 Å². The van der Waals surface area contributed by atoms with Gasteiger partial charge in [-0.2, -0.15) is 0 Å². The number of aromatic amines is 1. The number of hydrogen-bond acceptors (Lipinski definition) is 4. The highest BCUT2D eigenvalue weighted by Gasteiger charge is 2.40. The summed E-state index contributed by atoms with van der Waals surface area (Å²) in [5.74, 6) is 0.731. The number of nitrogens with zero attached hydrogens (tertiary/aromatic N) is 2. The highest BCUT2D eigenvalue weighted by Crippen LogP contribution is 2.45. The molecule has 0 aliphatic heterocycles. The van der Waals surface area contributed by atoms with Crippen molar-refractivity contribution in [2.45, 2.75) is 77.7 Å². The molecule has 0 radical (unpaired) electrons. The summed E-state index contributed by atoms with van der Waals surface area (Å²) >= 11 is 0. The van der Waals surface area contributed by atoms with Crippen molar-refractivity contribution in [1.82, 2.24) is 14.5 Å². The maximum absolute atomic E-state index is 12.7. The number of fused-ring (bicyclic) bond motifs is 1. The normalized spacial score (nSPS) is 17.1. The predicted molar refractivity (Wildman–Crippen MR) is 154 cm³/mol. The van der Waals surface area contributed by atoms with Crippen LogP contribution in [-0.2, 0) is 17.3 Å². The first-order valence-corrected chi connectivity index (χ1v) is 13.2.